The zero-order chi connectivity index (χ0) is 37.8. The summed E-state index contributed by atoms with van der Waals surface area (Å²) >= 11 is 0. The average molecular weight is 723 g/mol. The molecule has 0 saturated carbocycles. The van der Waals surface area contributed by atoms with Crippen LogP contribution in [0.1, 0.15) is 25.0 Å². The molecule has 0 radical (unpaired) electrons. The second-order valence-electron chi connectivity index (χ2n) is 16.4. The first-order valence-corrected chi connectivity index (χ1v) is 20.1. The van der Waals surface area contributed by atoms with E-state index in [1.54, 1.807) is 0 Å². The molecule has 0 atom stereocenters. The molecular weight excluding hydrogens is 685 g/mol. The van der Waals surface area contributed by atoms with Gasteiger partial charge in [0, 0.05) is 5.41 Å². The van der Waals surface area contributed by atoms with Crippen LogP contribution >= 0.6 is 0 Å². The van der Waals surface area contributed by atoms with Crippen LogP contribution in [0.2, 0.25) is 0 Å². The van der Waals surface area contributed by atoms with Crippen molar-refractivity contribution in [3.05, 3.63) is 205 Å². The third kappa shape index (κ3) is 4.62. The largest absolute Gasteiger partial charge is 0.0616 e. The summed E-state index contributed by atoms with van der Waals surface area (Å²) in [5, 5.41) is 15.6. The molecule has 266 valence electrons. The lowest BCUT2D eigenvalue weighted by atomic mass is 9.77. The number of hydrogen-bond donors (Lipinski definition) is 0. The van der Waals surface area contributed by atoms with Gasteiger partial charge < -0.3 is 0 Å². The van der Waals surface area contributed by atoms with Gasteiger partial charge in [0.25, 0.3) is 0 Å². The van der Waals surface area contributed by atoms with Crippen LogP contribution < -0.4 is 0 Å². The minimum absolute atomic E-state index is 0.208. The maximum atomic E-state index is 2.51. The molecule has 1 aliphatic carbocycles. The first-order chi connectivity index (χ1) is 28.0. The number of fused-ring (bicyclic) bond motifs is 13. The summed E-state index contributed by atoms with van der Waals surface area (Å²) in [5.41, 5.74) is 12.8. The summed E-state index contributed by atoms with van der Waals surface area (Å²) in [6, 6.07) is 72.6. The first kappa shape index (κ1) is 32.2. The minimum Gasteiger partial charge on any atom is -0.0616 e. The Labute approximate surface area is 332 Å². The van der Waals surface area contributed by atoms with Gasteiger partial charge in [0.2, 0.25) is 0 Å². The van der Waals surface area contributed by atoms with E-state index in [1.165, 1.54) is 120 Å². The van der Waals surface area contributed by atoms with E-state index < -0.39 is 0 Å². The van der Waals surface area contributed by atoms with Crippen molar-refractivity contribution < 1.29 is 0 Å². The van der Waals surface area contributed by atoms with Crippen molar-refractivity contribution in [2.24, 2.45) is 0 Å². The molecule has 0 N–H and O–H groups in total. The number of rotatable bonds is 3. The molecule has 0 aromatic heterocycles. The van der Waals surface area contributed by atoms with E-state index in [2.05, 4.69) is 208 Å². The second-order valence-corrected chi connectivity index (χ2v) is 16.4. The molecule has 0 heterocycles. The average Bonchev–Trinajstić information content (AvgIpc) is 3.50. The molecular formula is C57H38. The van der Waals surface area contributed by atoms with Crippen LogP contribution in [-0.2, 0) is 5.41 Å². The fraction of sp³-hybridized carbons (Fsp3) is 0.0526. The van der Waals surface area contributed by atoms with Crippen LogP contribution in [0.15, 0.2) is 194 Å². The van der Waals surface area contributed by atoms with Crippen LogP contribution in [0.4, 0.5) is 0 Å². The van der Waals surface area contributed by atoms with E-state index in [4.69, 9.17) is 0 Å². The van der Waals surface area contributed by atoms with Crippen LogP contribution in [-0.4, -0.2) is 0 Å². The first-order valence-electron chi connectivity index (χ1n) is 20.1. The lowest BCUT2D eigenvalue weighted by Gasteiger charge is -2.25. The maximum Gasteiger partial charge on any atom is 0.0165 e. The summed E-state index contributed by atoms with van der Waals surface area (Å²) in [6.45, 7) is 4.87. The zero-order valence-corrected chi connectivity index (χ0v) is 32.0. The van der Waals surface area contributed by atoms with Gasteiger partial charge >= 0.3 is 0 Å². The molecule has 57 heavy (non-hydrogen) atoms. The number of benzene rings is 11. The van der Waals surface area contributed by atoms with Gasteiger partial charge in [-0.2, -0.15) is 0 Å². The van der Waals surface area contributed by atoms with Crippen molar-refractivity contribution in [2.45, 2.75) is 19.3 Å². The van der Waals surface area contributed by atoms with Gasteiger partial charge in [-0.15, -0.1) is 0 Å². The highest BCUT2D eigenvalue weighted by Crippen LogP contribution is 2.55. The quantitative estimate of drug-likeness (QED) is 0.126. The van der Waals surface area contributed by atoms with Gasteiger partial charge in [0.1, 0.15) is 0 Å². The summed E-state index contributed by atoms with van der Waals surface area (Å²) in [7, 11) is 0. The van der Waals surface area contributed by atoms with E-state index in [9.17, 15) is 0 Å². The fourth-order valence-electron chi connectivity index (χ4n) is 10.4. The van der Waals surface area contributed by atoms with Crippen molar-refractivity contribution in [1.29, 1.82) is 0 Å². The van der Waals surface area contributed by atoms with Gasteiger partial charge in [0.15, 0.2) is 0 Å². The Hall–Kier alpha value is -7.02. The van der Waals surface area contributed by atoms with Gasteiger partial charge in [0.05, 0.1) is 0 Å². The predicted octanol–water partition coefficient (Wildman–Crippen LogP) is 15.9. The Kier molecular flexibility index (Phi) is 6.78. The molecule has 0 saturated heterocycles. The van der Waals surface area contributed by atoms with Gasteiger partial charge in [-0.05, 0) is 138 Å². The molecule has 12 rings (SSSR count). The van der Waals surface area contributed by atoms with Crippen molar-refractivity contribution in [3.63, 3.8) is 0 Å². The van der Waals surface area contributed by atoms with Crippen LogP contribution in [0.3, 0.4) is 0 Å². The minimum atomic E-state index is -0.208. The molecule has 0 amide bonds. The Balaban J connectivity index is 1.07. The molecule has 0 heteroatoms. The second kappa shape index (κ2) is 12.0. The molecule has 11 aromatic rings. The SMILES string of the molecule is CC1(C)c2cc(-c3c4ccccc4c(-c4cccc(-c5ccc6ccccc6c5)c4)c4ccccc34)ccc2-c2ccc3c4ccccc4c4ccccc4c3c21. The Morgan fingerprint density at radius 3 is 1.40 bits per heavy atom. The van der Waals surface area contributed by atoms with Crippen molar-refractivity contribution in [1.82, 2.24) is 0 Å². The molecule has 0 unspecified atom stereocenters. The molecule has 1 aliphatic rings. The molecule has 0 bridgehead atoms. The van der Waals surface area contributed by atoms with Gasteiger partial charge in [-0.1, -0.05) is 190 Å². The van der Waals surface area contributed by atoms with Crippen LogP contribution in [0, 0.1) is 0 Å². The van der Waals surface area contributed by atoms with E-state index in [-0.39, 0.29) is 5.41 Å². The number of hydrogen-bond acceptors (Lipinski definition) is 0. The summed E-state index contributed by atoms with van der Waals surface area (Å²) in [4.78, 5) is 0. The van der Waals surface area contributed by atoms with Crippen molar-refractivity contribution in [3.8, 4) is 44.5 Å². The molecule has 0 nitrogen and oxygen atoms in total. The maximum absolute atomic E-state index is 2.51. The Morgan fingerprint density at radius 2 is 0.754 bits per heavy atom. The van der Waals surface area contributed by atoms with E-state index in [1.807, 2.05) is 0 Å². The van der Waals surface area contributed by atoms with E-state index >= 15 is 0 Å². The molecule has 11 aromatic carbocycles. The summed E-state index contributed by atoms with van der Waals surface area (Å²) in [5.74, 6) is 0. The highest BCUT2D eigenvalue weighted by atomic mass is 14.4. The Bertz CT molecular complexity index is 3400. The summed E-state index contributed by atoms with van der Waals surface area (Å²) < 4.78 is 0. The third-order valence-corrected chi connectivity index (χ3v) is 13.0. The highest BCUT2D eigenvalue weighted by molar-refractivity contribution is 6.28. The normalized spacial score (nSPS) is 13.2. The van der Waals surface area contributed by atoms with Gasteiger partial charge in [-0.3, -0.25) is 0 Å². The molecule has 0 spiro atoms. The van der Waals surface area contributed by atoms with Crippen LogP contribution in [0.25, 0.3) is 109 Å². The summed E-state index contributed by atoms with van der Waals surface area (Å²) in [6.07, 6.45) is 0. The molecule has 0 aliphatic heterocycles. The smallest absolute Gasteiger partial charge is 0.0165 e. The third-order valence-electron chi connectivity index (χ3n) is 13.0. The van der Waals surface area contributed by atoms with Crippen LogP contribution in [0.5, 0.6) is 0 Å². The predicted molar refractivity (Wildman–Crippen MR) is 245 cm³/mol. The van der Waals surface area contributed by atoms with Crippen molar-refractivity contribution >= 4 is 64.6 Å². The lowest BCUT2D eigenvalue weighted by molar-refractivity contribution is 0.667. The lowest BCUT2D eigenvalue weighted by Crippen LogP contribution is -2.16. The fourth-order valence-corrected chi connectivity index (χ4v) is 10.4. The Morgan fingerprint density at radius 1 is 0.298 bits per heavy atom. The highest BCUT2D eigenvalue weighted by Gasteiger charge is 2.38. The van der Waals surface area contributed by atoms with Crippen molar-refractivity contribution in [2.75, 3.05) is 0 Å². The standard InChI is InChI=1S/C57H38/c1-57(2)52-34-40(28-29-44(52)51-31-30-50-43-20-6-5-18-41(43)42-19-7-8-21-45(42)55(50)56(51)57)54-48-24-11-9-22-46(48)53(47-23-10-12-25-49(47)54)39-17-13-16-37(33-39)38-27-26-35-14-3-4-15-36(35)32-38/h3-34H,1-2H3. The van der Waals surface area contributed by atoms with E-state index in [0.29, 0.717) is 0 Å². The monoisotopic (exact) mass is 722 g/mol. The topological polar surface area (TPSA) is 0 Å². The zero-order valence-electron chi connectivity index (χ0n) is 32.0. The molecule has 0 fully saturated rings. The van der Waals surface area contributed by atoms with E-state index in [0.717, 1.165) is 0 Å². The van der Waals surface area contributed by atoms with Gasteiger partial charge in [-0.25, -0.2) is 0 Å².